The highest BCUT2D eigenvalue weighted by Gasteiger charge is 2.37. The molecular formula is C47H51N7O4. The molecule has 0 aliphatic carbocycles. The van der Waals surface area contributed by atoms with Crippen molar-refractivity contribution in [2.45, 2.75) is 51.7 Å². The minimum absolute atomic E-state index is 0.00414. The molecule has 58 heavy (non-hydrogen) atoms. The molecule has 0 bridgehead atoms. The van der Waals surface area contributed by atoms with Crippen molar-refractivity contribution in [2.24, 2.45) is 7.05 Å². The van der Waals surface area contributed by atoms with Crippen molar-refractivity contribution in [2.75, 3.05) is 18.4 Å². The number of carbonyl (C=O) groups excluding carboxylic acids is 2. The fourth-order valence-electron chi connectivity index (χ4n) is 7.44. The lowest BCUT2D eigenvalue weighted by Crippen LogP contribution is -2.70. The van der Waals surface area contributed by atoms with E-state index in [0.29, 0.717) is 49.6 Å². The van der Waals surface area contributed by atoms with E-state index in [0.717, 1.165) is 38.7 Å². The van der Waals surface area contributed by atoms with Crippen LogP contribution in [0.25, 0.3) is 22.0 Å². The largest absolute Gasteiger partial charge is 0.508 e. The molecule has 1 aliphatic rings. The minimum atomic E-state index is -0.522. The summed E-state index contributed by atoms with van der Waals surface area (Å²) in [4.78, 5) is 29.5. The van der Waals surface area contributed by atoms with Gasteiger partial charge in [-0.2, -0.15) is 5.12 Å². The third kappa shape index (κ3) is 9.64. The fraction of sp³-hybridized carbons (Fsp3) is 0.234. The third-order valence-electron chi connectivity index (χ3n) is 10.2. The molecule has 2 heterocycles. The molecule has 1 aliphatic heterocycles. The van der Waals surface area contributed by atoms with E-state index < -0.39 is 6.04 Å². The molecule has 0 spiro atoms. The van der Waals surface area contributed by atoms with E-state index in [1.807, 2.05) is 116 Å². The molecular weight excluding hydrogens is 727 g/mol. The van der Waals surface area contributed by atoms with Gasteiger partial charge in [-0.3, -0.25) is 14.9 Å². The van der Waals surface area contributed by atoms with E-state index in [2.05, 4.69) is 63.1 Å². The van der Waals surface area contributed by atoms with E-state index in [-0.39, 0.29) is 29.8 Å². The summed E-state index contributed by atoms with van der Waals surface area (Å²) < 4.78 is 7.90. The Morgan fingerprint density at radius 1 is 0.948 bits per heavy atom. The second kappa shape index (κ2) is 18.4. The molecule has 5 aromatic carbocycles. The van der Waals surface area contributed by atoms with Gasteiger partial charge >= 0.3 is 0 Å². The molecule has 2 amide bonds. The second-order valence-corrected chi connectivity index (χ2v) is 14.9. The number of rotatable bonds is 16. The zero-order valence-corrected chi connectivity index (χ0v) is 33.2. The topological polar surface area (TPSA) is 123 Å². The van der Waals surface area contributed by atoms with E-state index in [1.165, 1.54) is 0 Å². The predicted octanol–water partition coefficient (Wildman–Crippen LogP) is 7.16. The number of aryl methyl sites for hydroxylation is 1. The van der Waals surface area contributed by atoms with E-state index >= 15 is 0 Å². The van der Waals surface area contributed by atoms with E-state index in [4.69, 9.17) is 4.74 Å². The first-order chi connectivity index (χ1) is 28.1. The van der Waals surface area contributed by atoms with Crippen LogP contribution in [0, 0.1) is 0 Å². The Hall–Kier alpha value is -6.24. The molecule has 1 fully saturated rings. The van der Waals surface area contributed by atoms with Gasteiger partial charge in [0.05, 0.1) is 24.2 Å². The number of anilines is 1. The average Bonchev–Trinajstić information content (AvgIpc) is 3.57. The summed E-state index contributed by atoms with van der Waals surface area (Å²) in [7, 11) is 2.03. The first-order valence-corrected chi connectivity index (χ1v) is 19.6. The van der Waals surface area contributed by atoms with Crippen molar-refractivity contribution >= 4 is 28.4 Å². The van der Waals surface area contributed by atoms with Crippen molar-refractivity contribution in [3.63, 3.8) is 0 Å². The van der Waals surface area contributed by atoms with Gasteiger partial charge in [0.25, 0.3) is 5.91 Å². The Kier molecular flexibility index (Phi) is 12.6. The summed E-state index contributed by atoms with van der Waals surface area (Å²) in [6, 6.07) is 37.9. The molecule has 1 aromatic heterocycles. The zero-order chi connectivity index (χ0) is 40.6. The van der Waals surface area contributed by atoms with Gasteiger partial charge in [-0.1, -0.05) is 84.9 Å². The number of benzene rings is 5. The molecule has 298 valence electrons. The van der Waals surface area contributed by atoms with Crippen molar-refractivity contribution in [1.29, 1.82) is 0 Å². The molecule has 0 radical (unpaired) electrons. The fourth-order valence-corrected chi connectivity index (χ4v) is 7.44. The third-order valence-corrected chi connectivity index (χ3v) is 10.2. The summed E-state index contributed by atoms with van der Waals surface area (Å²) in [5, 5.41) is 19.5. The van der Waals surface area contributed by atoms with Gasteiger partial charge in [-0.05, 0) is 78.9 Å². The number of hydrogen-bond donors (Lipinski definition) is 5. The van der Waals surface area contributed by atoms with Crippen LogP contribution in [-0.4, -0.2) is 62.9 Å². The van der Waals surface area contributed by atoms with Crippen LogP contribution in [0.1, 0.15) is 40.9 Å². The first kappa shape index (κ1) is 40.0. The predicted molar refractivity (Wildman–Crippen MR) is 230 cm³/mol. The zero-order valence-electron chi connectivity index (χ0n) is 33.2. The molecule has 1 saturated heterocycles. The average molecular weight is 778 g/mol. The van der Waals surface area contributed by atoms with E-state index in [9.17, 15) is 14.7 Å². The standard InChI is InChI=1S/C47H51N7O4/c1-5-25-48-54(49-28-34-11-7-6-8-12-34)44-31-53(47(57)43(51-44)26-33-17-23-39(55)24-18-33)29-37-13-9-16-41-42(30-52(4)45(37)41)35-19-21-36(22-20-35)46(56)50-38-14-10-15-40(27-38)58-32(2)3/h5-24,27,30,32,43-44,48-49,51,55H,1,25-26,28-29,31H2,2-4H3,(H,50,56)/t43-,44-/m0/s1. The maximum absolute atomic E-state index is 14.4. The molecule has 11 nitrogen and oxygen atoms in total. The Morgan fingerprint density at radius 2 is 1.71 bits per heavy atom. The molecule has 6 aromatic rings. The molecule has 5 N–H and O–H groups in total. The number of amides is 2. The van der Waals surface area contributed by atoms with Gasteiger partial charge < -0.3 is 24.6 Å². The molecule has 2 atom stereocenters. The maximum atomic E-state index is 14.4. The minimum Gasteiger partial charge on any atom is -0.508 e. The SMILES string of the molecule is C=CCNN(NCc1ccccc1)[C@H]1CN(Cc2cccc3c(-c4ccc(C(=O)Nc5cccc(OC(C)C)c5)cc4)cn(C)c23)C(=O)[C@H](Cc2ccc(O)cc2)N1. The molecule has 0 unspecified atom stereocenters. The number of nitrogens with one attached hydrogen (secondary N) is 4. The lowest BCUT2D eigenvalue weighted by Gasteiger charge is -2.43. The number of nitrogens with zero attached hydrogens (tertiary/aromatic N) is 3. The molecule has 11 heteroatoms. The van der Waals surface area contributed by atoms with Crippen LogP contribution in [0.3, 0.4) is 0 Å². The lowest BCUT2D eigenvalue weighted by molar-refractivity contribution is -0.142. The summed E-state index contributed by atoms with van der Waals surface area (Å²) in [6.07, 6.45) is 4.10. The normalized spacial score (nSPS) is 15.6. The van der Waals surface area contributed by atoms with Crippen LogP contribution in [0.2, 0.25) is 0 Å². The number of fused-ring (bicyclic) bond motifs is 1. The van der Waals surface area contributed by atoms with Gasteiger partial charge in [0.15, 0.2) is 0 Å². The van der Waals surface area contributed by atoms with Gasteiger partial charge in [-0.25, -0.2) is 10.9 Å². The number of hydrazine groups is 2. The van der Waals surface area contributed by atoms with Crippen molar-refractivity contribution in [1.82, 2.24) is 30.8 Å². The van der Waals surface area contributed by atoms with Crippen molar-refractivity contribution < 1.29 is 19.4 Å². The van der Waals surface area contributed by atoms with Crippen molar-refractivity contribution in [3.05, 3.63) is 162 Å². The summed E-state index contributed by atoms with van der Waals surface area (Å²) >= 11 is 0. The molecule has 7 rings (SSSR count). The summed E-state index contributed by atoms with van der Waals surface area (Å²) in [6.45, 7) is 9.75. The van der Waals surface area contributed by atoms with Gasteiger partial charge in [0.2, 0.25) is 5.91 Å². The lowest BCUT2D eigenvalue weighted by atomic mass is 10.00. The number of ether oxygens (including phenoxy) is 1. The number of phenols is 1. The van der Waals surface area contributed by atoms with Crippen LogP contribution in [-0.2, 0) is 31.4 Å². The van der Waals surface area contributed by atoms with Crippen LogP contribution < -0.4 is 26.2 Å². The Balaban J connectivity index is 1.13. The van der Waals surface area contributed by atoms with Gasteiger partial charge in [0.1, 0.15) is 17.7 Å². The number of hydrogen-bond acceptors (Lipinski definition) is 8. The highest BCUT2D eigenvalue weighted by Crippen LogP contribution is 2.33. The Bertz CT molecular complexity index is 2340. The van der Waals surface area contributed by atoms with Gasteiger partial charge in [-0.15, -0.1) is 6.58 Å². The highest BCUT2D eigenvalue weighted by atomic mass is 16.5. The summed E-state index contributed by atoms with van der Waals surface area (Å²) in [5.74, 6) is 0.675. The maximum Gasteiger partial charge on any atom is 0.255 e. The second-order valence-electron chi connectivity index (χ2n) is 14.9. The van der Waals surface area contributed by atoms with Crippen LogP contribution >= 0.6 is 0 Å². The van der Waals surface area contributed by atoms with Gasteiger partial charge in [0, 0.05) is 61.1 Å². The highest BCUT2D eigenvalue weighted by molar-refractivity contribution is 6.05. The number of phenolic OH excluding ortho intramolecular Hbond substituents is 1. The Labute approximate surface area is 339 Å². The first-order valence-electron chi connectivity index (χ1n) is 19.6. The molecule has 0 saturated carbocycles. The van der Waals surface area contributed by atoms with Crippen LogP contribution in [0.5, 0.6) is 11.5 Å². The number of piperazine rings is 1. The van der Waals surface area contributed by atoms with Crippen LogP contribution in [0.15, 0.2) is 140 Å². The number of carbonyl (C=O) groups is 2. The number of aromatic hydroxyl groups is 1. The smallest absolute Gasteiger partial charge is 0.255 e. The number of para-hydroxylation sites is 1. The summed E-state index contributed by atoms with van der Waals surface area (Å²) in [5.41, 5.74) is 14.3. The quantitative estimate of drug-likeness (QED) is 0.0519. The number of aromatic nitrogens is 1. The van der Waals surface area contributed by atoms with Crippen molar-refractivity contribution in [3.8, 4) is 22.6 Å². The monoisotopic (exact) mass is 777 g/mol. The van der Waals surface area contributed by atoms with Crippen LogP contribution in [0.4, 0.5) is 5.69 Å². The Morgan fingerprint density at radius 3 is 2.45 bits per heavy atom. The van der Waals surface area contributed by atoms with E-state index in [1.54, 1.807) is 18.2 Å².